The third kappa shape index (κ3) is 16.9. The van der Waals surface area contributed by atoms with Crippen molar-refractivity contribution in [2.45, 2.75) is 127 Å². The van der Waals surface area contributed by atoms with Crippen LogP contribution >= 0.6 is 0 Å². The minimum absolute atomic E-state index is 0.00769. The molecule has 374 valence electrons. The largest absolute Gasteiger partial charge is 0.481 e. The van der Waals surface area contributed by atoms with Crippen LogP contribution in [0.3, 0.4) is 0 Å². The minimum Gasteiger partial charge on any atom is -0.481 e. The van der Waals surface area contributed by atoms with Crippen molar-refractivity contribution in [2.75, 3.05) is 6.54 Å². The molecule has 0 spiro atoms. The molecule has 1 heterocycles. The normalized spacial score (nSPS) is 15.6. The van der Waals surface area contributed by atoms with Crippen LogP contribution in [0.25, 0.3) is 16.8 Å². The molecule has 0 aromatic heterocycles. The Balaban J connectivity index is 1.38. The SMILES string of the molecule is CCC[C@H](NC(=O)[C@H](Cc1ccc(CS(=O)(=O)O)cc1)NC(=O)/C=C/c1ccccc1)C(=O)N1CCC[C@H]1C(=O)N[C@@H](Cc1cccc2ccccc12)C(=O)N[C@@H](CCCC(=O)O)C(=O)NC(C)(C)C. The molecule has 0 unspecified atom stereocenters. The number of nitrogens with one attached hydrogen (secondary N) is 5. The molecule has 1 saturated heterocycles. The molecule has 17 nitrogen and oxygen atoms in total. The average molecular weight is 981 g/mol. The maximum absolute atomic E-state index is 14.5. The number of rotatable bonds is 23. The van der Waals surface area contributed by atoms with Gasteiger partial charge in [0.2, 0.25) is 35.4 Å². The van der Waals surface area contributed by atoms with E-state index in [2.05, 4.69) is 26.6 Å². The van der Waals surface area contributed by atoms with Gasteiger partial charge in [-0.05, 0) is 92.0 Å². The Hall–Kier alpha value is -6.92. The van der Waals surface area contributed by atoms with Crippen LogP contribution in [0.15, 0.2) is 103 Å². The Morgan fingerprint density at radius 1 is 0.729 bits per heavy atom. The summed E-state index contributed by atoms with van der Waals surface area (Å²) in [5, 5.41) is 25.1. The lowest BCUT2D eigenvalue weighted by Crippen LogP contribution is -2.59. The molecule has 1 aliphatic heterocycles. The van der Waals surface area contributed by atoms with Gasteiger partial charge >= 0.3 is 5.97 Å². The van der Waals surface area contributed by atoms with E-state index in [4.69, 9.17) is 0 Å². The van der Waals surface area contributed by atoms with Gasteiger partial charge in [-0.15, -0.1) is 0 Å². The van der Waals surface area contributed by atoms with E-state index in [0.717, 1.165) is 21.9 Å². The molecule has 0 radical (unpaired) electrons. The molecule has 0 aliphatic carbocycles. The number of nitrogens with zero attached hydrogens (tertiary/aromatic N) is 1. The number of benzene rings is 4. The van der Waals surface area contributed by atoms with Crippen molar-refractivity contribution in [3.8, 4) is 0 Å². The summed E-state index contributed by atoms with van der Waals surface area (Å²) in [6.07, 6.45) is 4.02. The van der Waals surface area contributed by atoms with Crippen LogP contribution in [0.4, 0.5) is 0 Å². The van der Waals surface area contributed by atoms with Crippen LogP contribution in [0.2, 0.25) is 0 Å². The van der Waals surface area contributed by atoms with Gasteiger partial charge in [0.15, 0.2) is 0 Å². The molecule has 5 rings (SSSR count). The quantitative estimate of drug-likeness (QED) is 0.0399. The van der Waals surface area contributed by atoms with Gasteiger partial charge in [0.05, 0.1) is 0 Å². The summed E-state index contributed by atoms with van der Waals surface area (Å²) in [5.41, 5.74) is 1.66. The van der Waals surface area contributed by atoms with Crippen LogP contribution in [0.5, 0.6) is 0 Å². The molecular weight excluding hydrogens is 917 g/mol. The molecule has 0 saturated carbocycles. The molecule has 70 heavy (non-hydrogen) atoms. The summed E-state index contributed by atoms with van der Waals surface area (Å²) in [7, 11) is -4.30. The highest BCUT2D eigenvalue weighted by Crippen LogP contribution is 2.23. The highest BCUT2D eigenvalue weighted by Gasteiger charge is 2.40. The van der Waals surface area contributed by atoms with Crippen LogP contribution in [-0.4, -0.2) is 107 Å². The van der Waals surface area contributed by atoms with Gasteiger partial charge in [-0.2, -0.15) is 8.42 Å². The number of carbonyl (C=O) groups is 7. The number of amides is 6. The number of fused-ring (bicyclic) bond motifs is 1. The van der Waals surface area contributed by atoms with Gasteiger partial charge in [-0.3, -0.25) is 38.1 Å². The molecule has 1 aliphatic rings. The van der Waals surface area contributed by atoms with Gasteiger partial charge in [0.25, 0.3) is 10.1 Å². The standard InChI is InChI=1S/C52H64N6O11S/c1-5-14-41(55-47(62)42(53-45(59)29-28-34-15-7-6-8-16-34)31-35-24-26-36(27-25-35)33-70(67,68)69)51(66)58-30-13-22-44(58)50(65)56-43(32-38-19-11-18-37-17-9-10-20-39(37)38)48(63)54-40(21-12-23-46(60)61)49(64)57-52(2,3)4/h6-11,15-20,24-29,40-44H,5,12-14,21-23,30-33H2,1-4H3,(H,53,59)(H,54,63)(H,55,62)(H,56,65)(H,57,64)(H,60,61)(H,67,68,69)/b29-28+/t40-,41-,42-,43-,44-/m0/s1. The van der Waals surface area contributed by atoms with E-state index in [1.54, 1.807) is 63.2 Å². The van der Waals surface area contributed by atoms with E-state index in [1.165, 1.54) is 23.1 Å². The van der Waals surface area contributed by atoms with Crippen molar-refractivity contribution in [2.24, 2.45) is 0 Å². The van der Waals surface area contributed by atoms with Gasteiger partial charge < -0.3 is 36.6 Å². The van der Waals surface area contributed by atoms with Crippen LogP contribution in [0.1, 0.15) is 94.9 Å². The lowest BCUT2D eigenvalue weighted by molar-refractivity contribution is -0.142. The van der Waals surface area contributed by atoms with E-state index >= 15 is 0 Å². The molecule has 6 amide bonds. The zero-order valence-electron chi connectivity index (χ0n) is 40.0. The van der Waals surface area contributed by atoms with Gasteiger partial charge in [-0.25, -0.2) is 0 Å². The molecular formula is C52H64N6O11S. The first kappa shape index (κ1) is 54.0. The molecule has 4 aromatic carbocycles. The first-order chi connectivity index (χ1) is 33.2. The summed E-state index contributed by atoms with van der Waals surface area (Å²) in [6.45, 7) is 7.33. The maximum atomic E-state index is 14.5. The minimum atomic E-state index is -4.30. The van der Waals surface area contributed by atoms with E-state index in [9.17, 15) is 51.6 Å². The average Bonchev–Trinajstić information content (AvgIpc) is 3.80. The van der Waals surface area contributed by atoms with Crippen molar-refractivity contribution in [3.05, 3.63) is 125 Å². The first-order valence-corrected chi connectivity index (χ1v) is 25.1. The number of likely N-dealkylation sites (tertiary alicyclic amines) is 1. The third-order valence-electron chi connectivity index (χ3n) is 11.7. The number of carbonyl (C=O) groups excluding carboxylic acids is 6. The second-order valence-electron chi connectivity index (χ2n) is 18.6. The Morgan fingerprint density at radius 3 is 2.01 bits per heavy atom. The summed E-state index contributed by atoms with van der Waals surface area (Å²) in [6, 6.07) is 22.6. The highest BCUT2D eigenvalue weighted by molar-refractivity contribution is 7.85. The predicted octanol–water partition coefficient (Wildman–Crippen LogP) is 4.63. The second-order valence-corrected chi connectivity index (χ2v) is 20.0. The number of carboxylic acid groups (broad SMARTS) is 1. The van der Waals surface area contributed by atoms with Crippen LogP contribution in [-0.2, 0) is 62.3 Å². The summed E-state index contributed by atoms with van der Waals surface area (Å²) < 4.78 is 32.3. The van der Waals surface area contributed by atoms with Crippen molar-refractivity contribution in [3.63, 3.8) is 0 Å². The van der Waals surface area contributed by atoms with Crippen LogP contribution < -0.4 is 26.6 Å². The Bertz CT molecular complexity index is 2630. The molecule has 5 atom stereocenters. The summed E-state index contributed by atoms with van der Waals surface area (Å²) in [4.78, 5) is 97.2. The molecule has 7 N–H and O–H groups in total. The van der Waals surface area contributed by atoms with E-state index in [-0.39, 0.29) is 51.5 Å². The van der Waals surface area contributed by atoms with Crippen molar-refractivity contribution < 1.29 is 51.6 Å². The van der Waals surface area contributed by atoms with E-state index < -0.39 is 93.0 Å². The summed E-state index contributed by atoms with van der Waals surface area (Å²) >= 11 is 0. The Morgan fingerprint density at radius 2 is 1.36 bits per heavy atom. The fourth-order valence-corrected chi connectivity index (χ4v) is 8.94. The molecule has 4 aromatic rings. The lowest BCUT2D eigenvalue weighted by Gasteiger charge is -2.31. The van der Waals surface area contributed by atoms with Gasteiger partial charge in [0.1, 0.15) is 36.0 Å². The number of aliphatic carboxylic acids is 1. The zero-order valence-corrected chi connectivity index (χ0v) is 40.8. The van der Waals surface area contributed by atoms with Crippen molar-refractivity contribution in [1.82, 2.24) is 31.5 Å². The van der Waals surface area contributed by atoms with E-state index in [0.29, 0.717) is 24.0 Å². The zero-order chi connectivity index (χ0) is 51.0. The number of carboxylic acids is 1. The lowest BCUT2D eigenvalue weighted by atomic mass is 9.97. The molecule has 0 bridgehead atoms. The number of hydrogen-bond donors (Lipinski definition) is 7. The van der Waals surface area contributed by atoms with E-state index in [1.807, 2.05) is 55.5 Å². The third-order valence-corrected chi connectivity index (χ3v) is 12.4. The van der Waals surface area contributed by atoms with Gasteiger partial charge in [-0.1, -0.05) is 110 Å². The first-order valence-electron chi connectivity index (χ1n) is 23.5. The summed E-state index contributed by atoms with van der Waals surface area (Å²) in [5.74, 6) is -5.30. The smallest absolute Gasteiger partial charge is 0.303 e. The Labute approximate surface area is 409 Å². The van der Waals surface area contributed by atoms with Crippen molar-refractivity contribution in [1.29, 1.82) is 0 Å². The highest BCUT2D eigenvalue weighted by atomic mass is 32.2. The Kier molecular flexibility index (Phi) is 19.4. The van der Waals surface area contributed by atoms with Crippen LogP contribution in [0, 0.1) is 0 Å². The fraction of sp³-hybridized carbons (Fsp3) is 0.404. The second kappa shape index (κ2) is 25.1. The van der Waals surface area contributed by atoms with Gasteiger partial charge in [0, 0.05) is 37.4 Å². The molecule has 18 heteroatoms. The molecule has 1 fully saturated rings. The topological polar surface area (TPSA) is 257 Å². The number of hydrogen-bond acceptors (Lipinski definition) is 9. The monoisotopic (exact) mass is 980 g/mol. The maximum Gasteiger partial charge on any atom is 0.303 e. The van der Waals surface area contributed by atoms with Crippen molar-refractivity contribution >= 4 is 68.4 Å². The predicted molar refractivity (Wildman–Crippen MR) is 265 cm³/mol. The fourth-order valence-electron chi connectivity index (χ4n) is 8.33.